The molecule has 1 heterocycles. The van der Waals surface area contributed by atoms with Crippen molar-refractivity contribution in [3.05, 3.63) is 29.8 Å². The second-order valence-corrected chi connectivity index (χ2v) is 6.17. The highest BCUT2D eigenvalue weighted by Crippen LogP contribution is 2.34. The maximum Gasteiger partial charge on any atom is 0.240 e. The molecule has 1 aliphatic heterocycles. The van der Waals surface area contributed by atoms with Crippen molar-refractivity contribution in [2.75, 3.05) is 19.0 Å². The Balaban J connectivity index is 1.62. The van der Waals surface area contributed by atoms with Crippen LogP contribution in [-0.4, -0.2) is 37.1 Å². The first-order valence-corrected chi connectivity index (χ1v) is 7.50. The number of hydrogen-bond acceptors (Lipinski definition) is 4. The molecule has 3 rings (SSSR count). The van der Waals surface area contributed by atoms with Crippen molar-refractivity contribution in [3.63, 3.8) is 0 Å². The lowest BCUT2D eigenvalue weighted by atomic mass is 9.74. The number of benzene rings is 1. The van der Waals surface area contributed by atoms with E-state index in [0.29, 0.717) is 25.8 Å². The number of hydrogen-bond donors (Lipinski definition) is 3. The summed E-state index contributed by atoms with van der Waals surface area (Å²) in [5, 5.41) is 5.75. The molecule has 0 saturated heterocycles. The molecule has 1 aromatic rings. The molecule has 0 aromatic heterocycles. The predicted molar refractivity (Wildman–Crippen MR) is 82.4 cm³/mol. The Labute approximate surface area is 129 Å². The highest BCUT2D eigenvalue weighted by atomic mass is 16.5. The van der Waals surface area contributed by atoms with Gasteiger partial charge in [0.25, 0.3) is 0 Å². The normalized spacial score (nSPS) is 30.0. The van der Waals surface area contributed by atoms with Crippen LogP contribution < -0.4 is 16.4 Å². The number of para-hydroxylation sites is 1. The van der Waals surface area contributed by atoms with Crippen LogP contribution in [0.5, 0.6) is 0 Å². The summed E-state index contributed by atoms with van der Waals surface area (Å²) < 4.78 is 5.17. The number of methoxy groups -OCH3 is 1. The molecule has 4 N–H and O–H groups in total. The second-order valence-electron chi connectivity index (χ2n) is 6.17. The summed E-state index contributed by atoms with van der Waals surface area (Å²) >= 11 is 0. The molecular formula is C16H21N3O3. The molecule has 22 heavy (non-hydrogen) atoms. The summed E-state index contributed by atoms with van der Waals surface area (Å²) in [4.78, 5) is 24.0. The number of rotatable bonds is 4. The van der Waals surface area contributed by atoms with Crippen LogP contribution in [0.2, 0.25) is 0 Å². The number of nitrogens with two attached hydrogens (primary N) is 1. The van der Waals surface area contributed by atoms with Crippen LogP contribution in [0, 0.1) is 0 Å². The molecular weight excluding hydrogens is 282 g/mol. The van der Waals surface area contributed by atoms with Gasteiger partial charge in [0.1, 0.15) is 5.54 Å². The quantitative estimate of drug-likeness (QED) is 0.764. The highest BCUT2D eigenvalue weighted by Gasteiger charge is 2.47. The molecule has 6 nitrogen and oxygen atoms in total. The fourth-order valence-corrected chi connectivity index (χ4v) is 3.18. The lowest BCUT2D eigenvalue weighted by Gasteiger charge is -2.42. The Morgan fingerprint density at radius 1 is 1.45 bits per heavy atom. The monoisotopic (exact) mass is 303 g/mol. The summed E-state index contributed by atoms with van der Waals surface area (Å²) in [5.74, 6) is -0.205. The summed E-state index contributed by atoms with van der Waals surface area (Å²) in [6.45, 7) is 0.417. The molecule has 0 radical (unpaired) electrons. The largest absolute Gasteiger partial charge is 0.381 e. The molecule has 6 heteroatoms. The molecule has 0 bridgehead atoms. The molecule has 1 aromatic carbocycles. The number of nitrogens with one attached hydrogen (secondary N) is 2. The molecule has 1 unspecified atom stereocenters. The van der Waals surface area contributed by atoms with E-state index in [1.165, 1.54) is 0 Å². The smallest absolute Gasteiger partial charge is 0.240 e. The standard InChI is InChI=1S/C16H21N3O3/c1-22-11-7-16(17,8-11)15(21)18-9-10-6-14(20)19-13-5-3-2-4-12(10)13/h2-5,10-11H,6-9,17H2,1H3,(H,18,21)(H,19,20). The fourth-order valence-electron chi connectivity index (χ4n) is 3.18. The number of ether oxygens (including phenoxy) is 1. The summed E-state index contributed by atoms with van der Waals surface area (Å²) in [5.41, 5.74) is 7.12. The highest BCUT2D eigenvalue weighted by molar-refractivity contribution is 5.95. The minimum atomic E-state index is -0.836. The maximum absolute atomic E-state index is 12.3. The van der Waals surface area contributed by atoms with E-state index in [9.17, 15) is 9.59 Å². The minimum Gasteiger partial charge on any atom is -0.381 e. The van der Waals surface area contributed by atoms with Gasteiger partial charge in [0.05, 0.1) is 6.10 Å². The SMILES string of the molecule is COC1CC(N)(C(=O)NCC2CC(=O)Nc3ccccc32)C1. The van der Waals surface area contributed by atoms with Gasteiger partial charge in [0.15, 0.2) is 0 Å². The molecule has 1 atom stereocenters. The first-order chi connectivity index (χ1) is 10.5. The van der Waals surface area contributed by atoms with E-state index >= 15 is 0 Å². The molecule has 2 aliphatic rings. The number of amides is 2. The van der Waals surface area contributed by atoms with E-state index in [4.69, 9.17) is 10.5 Å². The molecule has 0 spiro atoms. The van der Waals surface area contributed by atoms with E-state index in [1.807, 2.05) is 24.3 Å². The predicted octanol–water partition coefficient (Wildman–Crippen LogP) is 0.735. The van der Waals surface area contributed by atoms with Crippen LogP contribution in [0.15, 0.2) is 24.3 Å². The van der Waals surface area contributed by atoms with Gasteiger partial charge in [-0.3, -0.25) is 9.59 Å². The van der Waals surface area contributed by atoms with E-state index in [0.717, 1.165) is 11.3 Å². The Kier molecular flexibility index (Phi) is 3.88. The van der Waals surface area contributed by atoms with Crippen LogP contribution in [0.1, 0.15) is 30.7 Å². The zero-order valence-electron chi connectivity index (χ0n) is 12.6. The zero-order chi connectivity index (χ0) is 15.7. The van der Waals surface area contributed by atoms with Crippen molar-refractivity contribution in [1.82, 2.24) is 5.32 Å². The zero-order valence-corrected chi connectivity index (χ0v) is 12.6. The minimum absolute atomic E-state index is 0.0178. The maximum atomic E-state index is 12.3. The van der Waals surface area contributed by atoms with Crippen LogP contribution in [-0.2, 0) is 14.3 Å². The first kappa shape index (κ1) is 15.0. The van der Waals surface area contributed by atoms with Gasteiger partial charge in [-0.25, -0.2) is 0 Å². The van der Waals surface area contributed by atoms with E-state index in [-0.39, 0.29) is 23.8 Å². The summed E-state index contributed by atoms with van der Waals surface area (Å²) in [6, 6.07) is 7.67. The lowest BCUT2D eigenvalue weighted by molar-refractivity contribution is -0.135. The van der Waals surface area contributed by atoms with Crippen LogP contribution >= 0.6 is 0 Å². The summed E-state index contributed by atoms with van der Waals surface area (Å²) in [6.07, 6.45) is 1.51. The van der Waals surface area contributed by atoms with Gasteiger partial charge < -0.3 is 21.1 Å². The van der Waals surface area contributed by atoms with Gasteiger partial charge >= 0.3 is 0 Å². The van der Waals surface area contributed by atoms with E-state index < -0.39 is 5.54 Å². The van der Waals surface area contributed by atoms with Crippen LogP contribution in [0.25, 0.3) is 0 Å². The molecule has 2 amide bonds. The first-order valence-electron chi connectivity index (χ1n) is 7.50. The average molecular weight is 303 g/mol. The lowest BCUT2D eigenvalue weighted by Crippen LogP contribution is -2.64. The Morgan fingerprint density at radius 3 is 2.91 bits per heavy atom. The van der Waals surface area contributed by atoms with Gasteiger partial charge in [-0.1, -0.05) is 18.2 Å². The number of carbonyl (C=O) groups excluding carboxylic acids is 2. The number of fused-ring (bicyclic) bond motifs is 1. The Bertz CT molecular complexity index is 596. The van der Waals surface area contributed by atoms with Crippen molar-refractivity contribution < 1.29 is 14.3 Å². The Morgan fingerprint density at radius 2 is 2.18 bits per heavy atom. The molecule has 118 valence electrons. The third-order valence-corrected chi connectivity index (χ3v) is 4.58. The topological polar surface area (TPSA) is 93.4 Å². The fraction of sp³-hybridized carbons (Fsp3) is 0.500. The van der Waals surface area contributed by atoms with Crippen molar-refractivity contribution in [2.45, 2.75) is 36.8 Å². The molecule has 1 saturated carbocycles. The van der Waals surface area contributed by atoms with Crippen LogP contribution in [0.3, 0.4) is 0 Å². The number of carbonyl (C=O) groups is 2. The van der Waals surface area contributed by atoms with Crippen molar-refractivity contribution in [2.24, 2.45) is 5.73 Å². The second kappa shape index (κ2) is 5.70. The van der Waals surface area contributed by atoms with E-state index in [1.54, 1.807) is 7.11 Å². The third-order valence-electron chi connectivity index (χ3n) is 4.58. The average Bonchev–Trinajstić information content (AvgIpc) is 2.48. The van der Waals surface area contributed by atoms with Gasteiger partial charge in [0, 0.05) is 44.5 Å². The number of anilines is 1. The summed E-state index contributed by atoms with van der Waals surface area (Å²) in [7, 11) is 1.62. The van der Waals surface area contributed by atoms with Gasteiger partial charge in [0.2, 0.25) is 11.8 Å². The van der Waals surface area contributed by atoms with E-state index in [2.05, 4.69) is 10.6 Å². The van der Waals surface area contributed by atoms with Crippen molar-refractivity contribution in [3.8, 4) is 0 Å². The van der Waals surface area contributed by atoms with Gasteiger partial charge in [-0.05, 0) is 11.6 Å². The van der Waals surface area contributed by atoms with Gasteiger partial charge in [-0.15, -0.1) is 0 Å². The van der Waals surface area contributed by atoms with Crippen molar-refractivity contribution in [1.29, 1.82) is 0 Å². The Hall–Kier alpha value is -1.92. The third kappa shape index (κ3) is 2.71. The molecule has 1 aliphatic carbocycles. The van der Waals surface area contributed by atoms with Crippen LogP contribution in [0.4, 0.5) is 5.69 Å². The molecule has 1 fully saturated rings. The van der Waals surface area contributed by atoms with Crippen molar-refractivity contribution >= 4 is 17.5 Å². The van der Waals surface area contributed by atoms with Gasteiger partial charge in [-0.2, -0.15) is 0 Å².